The van der Waals surface area contributed by atoms with Gasteiger partial charge < -0.3 is 10.5 Å². The van der Waals surface area contributed by atoms with Crippen molar-refractivity contribution >= 4 is 11.3 Å². The summed E-state index contributed by atoms with van der Waals surface area (Å²) in [5, 5.41) is 3.20. The number of methoxy groups -OCH3 is 1. The first-order valence-corrected chi connectivity index (χ1v) is 6.44. The molecule has 0 spiro atoms. The fraction of sp³-hybridized carbons (Fsp3) is 0.308. The maximum atomic E-state index is 5.57. The molecule has 17 heavy (non-hydrogen) atoms. The second-order valence-corrected chi connectivity index (χ2v) is 4.71. The van der Waals surface area contributed by atoms with Crippen LogP contribution >= 0.6 is 11.3 Å². The van der Waals surface area contributed by atoms with E-state index in [2.05, 4.69) is 22.5 Å². The molecule has 0 atom stereocenters. The van der Waals surface area contributed by atoms with Gasteiger partial charge in [-0.25, -0.2) is 4.98 Å². The maximum absolute atomic E-state index is 5.57. The largest absolute Gasteiger partial charge is 0.384 e. The van der Waals surface area contributed by atoms with E-state index in [4.69, 9.17) is 10.5 Å². The van der Waals surface area contributed by atoms with Gasteiger partial charge in [-0.1, -0.05) is 24.3 Å². The Morgan fingerprint density at radius 2 is 2.06 bits per heavy atom. The number of benzene rings is 1. The standard InChI is InChI=1S/C13H16N2OS/c1-16-7-6-13-15-12(9-17-13)11-4-2-10(8-14)3-5-11/h2-5,9H,6-8,14H2,1H3. The fourth-order valence-electron chi connectivity index (χ4n) is 1.56. The Morgan fingerprint density at radius 1 is 1.29 bits per heavy atom. The van der Waals surface area contributed by atoms with Gasteiger partial charge in [0.05, 0.1) is 17.3 Å². The molecule has 2 aromatic rings. The van der Waals surface area contributed by atoms with Crippen molar-refractivity contribution in [2.45, 2.75) is 13.0 Å². The van der Waals surface area contributed by atoms with Crippen molar-refractivity contribution in [1.82, 2.24) is 4.98 Å². The highest BCUT2D eigenvalue weighted by Gasteiger charge is 2.04. The van der Waals surface area contributed by atoms with Gasteiger partial charge >= 0.3 is 0 Å². The predicted molar refractivity (Wildman–Crippen MR) is 71.0 cm³/mol. The highest BCUT2D eigenvalue weighted by Crippen LogP contribution is 2.22. The molecular formula is C13H16N2OS. The smallest absolute Gasteiger partial charge is 0.0955 e. The molecule has 0 fully saturated rings. The second-order valence-electron chi connectivity index (χ2n) is 3.77. The zero-order valence-corrected chi connectivity index (χ0v) is 10.7. The van der Waals surface area contributed by atoms with Crippen LogP contribution in [0.5, 0.6) is 0 Å². The molecule has 3 nitrogen and oxygen atoms in total. The number of ether oxygens (including phenoxy) is 1. The van der Waals surface area contributed by atoms with E-state index in [1.54, 1.807) is 18.4 Å². The lowest BCUT2D eigenvalue weighted by Gasteiger charge is -1.99. The number of nitrogens with two attached hydrogens (primary N) is 1. The number of hydrogen-bond donors (Lipinski definition) is 1. The third-order valence-corrected chi connectivity index (χ3v) is 3.47. The van der Waals surface area contributed by atoms with Crippen molar-refractivity contribution in [2.24, 2.45) is 5.73 Å². The van der Waals surface area contributed by atoms with E-state index in [1.165, 1.54) is 0 Å². The van der Waals surface area contributed by atoms with E-state index in [0.29, 0.717) is 6.54 Å². The van der Waals surface area contributed by atoms with Gasteiger partial charge in [0, 0.05) is 31.0 Å². The predicted octanol–water partition coefficient (Wildman–Crippen LogP) is 2.46. The molecule has 0 amide bonds. The monoisotopic (exact) mass is 248 g/mol. The third-order valence-electron chi connectivity index (χ3n) is 2.56. The Balaban J connectivity index is 2.12. The van der Waals surface area contributed by atoms with E-state index in [1.807, 2.05) is 12.1 Å². The second kappa shape index (κ2) is 5.91. The molecule has 1 aromatic carbocycles. The minimum absolute atomic E-state index is 0.580. The van der Waals surface area contributed by atoms with Crippen LogP contribution in [0, 0.1) is 0 Å². The van der Waals surface area contributed by atoms with Gasteiger partial charge in [0.2, 0.25) is 0 Å². The van der Waals surface area contributed by atoms with Gasteiger partial charge in [0.25, 0.3) is 0 Å². The molecule has 0 bridgehead atoms. The van der Waals surface area contributed by atoms with Gasteiger partial charge in [-0.2, -0.15) is 0 Å². The first-order valence-electron chi connectivity index (χ1n) is 5.56. The summed E-state index contributed by atoms with van der Waals surface area (Å²) >= 11 is 1.68. The Morgan fingerprint density at radius 3 is 2.71 bits per heavy atom. The Kier molecular flexibility index (Phi) is 4.25. The first kappa shape index (κ1) is 12.2. The molecule has 0 saturated heterocycles. The summed E-state index contributed by atoms with van der Waals surface area (Å²) in [6, 6.07) is 8.22. The van der Waals surface area contributed by atoms with Crippen molar-refractivity contribution in [2.75, 3.05) is 13.7 Å². The lowest BCUT2D eigenvalue weighted by Crippen LogP contribution is -1.95. The average Bonchev–Trinajstić information content (AvgIpc) is 2.85. The zero-order valence-electron chi connectivity index (χ0n) is 9.85. The molecule has 0 unspecified atom stereocenters. The van der Waals surface area contributed by atoms with Crippen LogP contribution in [-0.2, 0) is 17.7 Å². The van der Waals surface area contributed by atoms with Crippen molar-refractivity contribution in [3.05, 3.63) is 40.2 Å². The van der Waals surface area contributed by atoms with Crippen LogP contribution in [-0.4, -0.2) is 18.7 Å². The number of nitrogens with zero attached hydrogens (tertiary/aromatic N) is 1. The molecule has 0 aliphatic carbocycles. The molecule has 0 aliphatic heterocycles. The number of rotatable bonds is 5. The van der Waals surface area contributed by atoms with Crippen molar-refractivity contribution in [3.63, 3.8) is 0 Å². The first-order chi connectivity index (χ1) is 8.33. The van der Waals surface area contributed by atoms with E-state index in [9.17, 15) is 0 Å². The average molecular weight is 248 g/mol. The maximum Gasteiger partial charge on any atom is 0.0955 e. The van der Waals surface area contributed by atoms with Crippen LogP contribution in [0.1, 0.15) is 10.6 Å². The molecule has 1 heterocycles. The Labute approximate surface area is 105 Å². The number of thiazole rings is 1. The van der Waals surface area contributed by atoms with Crippen LogP contribution < -0.4 is 5.73 Å². The van der Waals surface area contributed by atoms with E-state index >= 15 is 0 Å². The summed E-state index contributed by atoms with van der Waals surface area (Å²) in [5.41, 5.74) is 8.89. The van der Waals surface area contributed by atoms with Crippen LogP contribution in [0.3, 0.4) is 0 Å². The number of hydrogen-bond acceptors (Lipinski definition) is 4. The zero-order chi connectivity index (χ0) is 12.1. The molecule has 0 radical (unpaired) electrons. The molecule has 2 rings (SSSR count). The van der Waals surface area contributed by atoms with Gasteiger partial charge in [-0.3, -0.25) is 0 Å². The molecule has 2 N–H and O–H groups in total. The van der Waals surface area contributed by atoms with Crippen LogP contribution in [0.4, 0.5) is 0 Å². The highest BCUT2D eigenvalue weighted by atomic mass is 32.1. The third kappa shape index (κ3) is 3.12. The van der Waals surface area contributed by atoms with Crippen molar-refractivity contribution in [3.8, 4) is 11.3 Å². The quantitative estimate of drug-likeness (QED) is 0.884. The van der Waals surface area contributed by atoms with Crippen LogP contribution in [0.2, 0.25) is 0 Å². The van der Waals surface area contributed by atoms with Crippen LogP contribution in [0.25, 0.3) is 11.3 Å². The van der Waals surface area contributed by atoms with Gasteiger partial charge in [-0.05, 0) is 5.56 Å². The van der Waals surface area contributed by atoms with Crippen molar-refractivity contribution in [1.29, 1.82) is 0 Å². The Hall–Kier alpha value is -1.23. The Bertz CT molecular complexity index is 465. The molecule has 1 aromatic heterocycles. The molecule has 0 saturated carbocycles. The summed E-state index contributed by atoms with van der Waals surface area (Å²) in [4.78, 5) is 4.58. The van der Waals surface area contributed by atoms with E-state index < -0.39 is 0 Å². The summed E-state index contributed by atoms with van der Waals surface area (Å²) in [7, 11) is 1.71. The van der Waals surface area contributed by atoms with E-state index in [0.717, 1.165) is 34.9 Å². The summed E-state index contributed by atoms with van der Waals surface area (Å²) < 4.78 is 5.04. The normalized spacial score (nSPS) is 10.7. The minimum atomic E-state index is 0.580. The van der Waals surface area contributed by atoms with Gasteiger partial charge in [0.1, 0.15) is 0 Å². The van der Waals surface area contributed by atoms with Crippen LogP contribution in [0.15, 0.2) is 29.6 Å². The molecule has 4 heteroatoms. The topological polar surface area (TPSA) is 48.1 Å². The SMILES string of the molecule is COCCc1nc(-c2ccc(CN)cc2)cs1. The minimum Gasteiger partial charge on any atom is -0.384 e. The molecule has 0 aliphatic rings. The van der Waals surface area contributed by atoms with Gasteiger partial charge in [-0.15, -0.1) is 11.3 Å². The fourth-order valence-corrected chi connectivity index (χ4v) is 2.35. The summed E-state index contributed by atoms with van der Waals surface area (Å²) in [6.07, 6.45) is 0.877. The lowest BCUT2D eigenvalue weighted by atomic mass is 10.1. The molecule has 90 valence electrons. The van der Waals surface area contributed by atoms with Crippen molar-refractivity contribution < 1.29 is 4.74 Å². The molecular weight excluding hydrogens is 232 g/mol. The number of aromatic nitrogens is 1. The summed E-state index contributed by atoms with van der Waals surface area (Å²) in [6.45, 7) is 1.30. The van der Waals surface area contributed by atoms with E-state index in [-0.39, 0.29) is 0 Å². The summed E-state index contributed by atoms with van der Waals surface area (Å²) in [5.74, 6) is 0. The van der Waals surface area contributed by atoms with Gasteiger partial charge in [0.15, 0.2) is 0 Å². The lowest BCUT2D eigenvalue weighted by molar-refractivity contribution is 0.202. The highest BCUT2D eigenvalue weighted by molar-refractivity contribution is 7.09.